The molecule has 1 aromatic heterocycles. The summed E-state index contributed by atoms with van der Waals surface area (Å²) in [6.45, 7) is 9.01. The lowest BCUT2D eigenvalue weighted by molar-refractivity contribution is 1.15. The summed E-state index contributed by atoms with van der Waals surface area (Å²) in [6.07, 6.45) is 1.10. The predicted molar refractivity (Wildman–Crippen MR) is 63.9 cm³/mol. The van der Waals surface area contributed by atoms with Crippen LogP contribution in [0.2, 0.25) is 19.6 Å². The molecule has 1 heterocycles. The summed E-state index contributed by atoms with van der Waals surface area (Å²) in [5, 5.41) is 2.13. The van der Waals surface area contributed by atoms with Crippen LogP contribution < -0.4 is 0 Å². The van der Waals surface area contributed by atoms with E-state index in [0.717, 1.165) is 6.42 Å². The molecular weight excluding hydrogens is 192 g/mol. The second-order valence-electron chi connectivity index (χ2n) is 4.13. The zero-order chi connectivity index (χ0) is 9.90. The van der Waals surface area contributed by atoms with E-state index in [1.165, 1.54) is 10.4 Å². The predicted octanol–water partition coefficient (Wildman–Crippen LogP) is 3.54. The maximum absolute atomic E-state index is 3.40. The van der Waals surface area contributed by atoms with Crippen molar-refractivity contribution in [2.24, 2.45) is 0 Å². The fourth-order valence-electron chi connectivity index (χ4n) is 0.968. The molecule has 0 atom stereocenters. The van der Waals surface area contributed by atoms with Crippen molar-refractivity contribution in [3.63, 3.8) is 0 Å². The van der Waals surface area contributed by atoms with Crippen LogP contribution in [0.5, 0.6) is 0 Å². The van der Waals surface area contributed by atoms with Gasteiger partial charge in [0.05, 0.1) is 4.88 Å². The standard InChI is InChI=1S/C11H16SSi/c1-5-10-6-8-12-11(10)7-9-13(2,3)4/h6,8H,5H2,1-4H3. The molecule has 1 rings (SSSR count). The lowest BCUT2D eigenvalue weighted by atomic mass is 10.2. The van der Waals surface area contributed by atoms with E-state index < -0.39 is 8.07 Å². The fourth-order valence-corrected chi connectivity index (χ4v) is 2.40. The Morgan fingerprint density at radius 2 is 2.08 bits per heavy atom. The van der Waals surface area contributed by atoms with Gasteiger partial charge < -0.3 is 0 Å². The first-order chi connectivity index (χ1) is 6.03. The highest BCUT2D eigenvalue weighted by molar-refractivity contribution is 7.10. The van der Waals surface area contributed by atoms with E-state index in [4.69, 9.17) is 0 Å². The van der Waals surface area contributed by atoms with Gasteiger partial charge in [-0.3, -0.25) is 0 Å². The highest BCUT2D eigenvalue weighted by Crippen LogP contribution is 2.16. The van der Waals surface area contributed by atoms with Crippen LogP contribution in [0.15, 0.2) is 11.4 Å². The molecule has 0 unspecified atom stereocenters. The number of hydrogen-bond donors (Lipinski definition) is 0. The first-order valence-electron chi connectivity index (χ1n) is 4.62. The molecule has 0 radical (unpaired) electrons. The summed E-state index contributed by atoms with van der Waals surface area (Å²) < 4.78 is 0. The molecule has 0 aliphatic heterocycles. The maximum Gasteiger partial charge on any atom is 0.129 e. The summed E-state index contributed by atoms with van der Waals surface area (Å²) in [4.78, 5) is 1.27. The van der Waals surface area contributed by atoms with Gasteiger partial charge >= 0.3 is 0 Å². The lowest BCUT2D eigenvalue weighted by Gasteiger charge is -2.03. The summed E-state index contributed by atoms with van der Waals surface area (Å²) in [6, 6.07) is 2.18. The third kappa shape index (κ3) is 3.37. The normalized spacial score (nSPS) is 10.8. The molecular formula is C11H16SSi. The van der Waals surface area contributed by atoms with E-state index in [1.807, 2.05) is 0 Å². The van der Waals surface area contributed by atoms with Crippen LogP contribution in [-0.4, -0.2) is 8.07 Å². The van der Waals surface area contributed by atoms with E-state index in [-0.39, 0.29) is 0 Å². The van der Waals surface area contributed by atoms with Gasteiger partial charge in [0, 0.05) is 0 Å². The molecule has 0 fully saturated rings. The molecule has 0 saturated heterocycles. The van der Waals surface area contributed by atoms with Crippen molar-refractivity contribution in [2.75, 3.05) is 0 Å². The van der Waals surface area contributed by atoms with E-state index in [1.54, 1.807) is 11.3 Å². The van der Waals surface area contributed by atoms with E-state index in [9.17, 15) is 0 Å². The molecule has 0 aliphatic carbocycles. The molecule has 0 saturated carbocycles. The summed E-state index contributed by atoms with van der Waals surface area (Å²) in [5.74, 6) is 3.31. The van der Waals surface area contributed by atoms with Crippen LogP contribution in [-0.2, 0) is 6.42 Å². The summed E-state index contributed by atoms with van der Waals surface area (Å²) >= 11 is 1.76. The second kappa shape index (κ2) is 4.12. The van der Waals surface area contributed by atoms with Crippen molar-refractivity contribution in [2.45, 2.75) is 33.0 Å². The monoisotopic (exact) mass is 208 g/mol. The first-order valence-corrected chi connectivity index (χ1v) is 9.00. The Kier molecular flexibility index (Phi) is 3.35. The molecule has 0 N–H and O–H groups in total. The summed E-state index contributed by atoms with van der Waals surface area (Å²) in [7, 11) is -1.20. The zero-order valence-electron chi connectivity index (χ0n) is 8.77. The van der Waals surface area contributed by atoms with Crippen LogP contribution in [0.3, 0.4) is 0 Å². The Morgan fingerprint density at radius 1 is 1.38 bits per heavy atom. The Balaban J connectivity index is 2.89. The van der Waals surface area contributed by atoms with Gasteiger partial charge in [0.15, 0.2) is 0 Å². The maximum atomic E-state index is 3.40. The highest BCUT2D eigenvalue weighted by atomic mass is 32.1. The number of aryl methyl sites for hydroxylation is 1. The van der Waals surface area contributed by atoms with Crippen LogP contribution in [0.4, 0.5) is 0 Å². The average Bonchev–Trinajstić information content (AvgIpc) is 2.46. The SMILES string of the molecule is CCc1ccsc1C#C[Si](C)(C)C. The van der Waals surface area contributed by atoms with Gasteiger partial charge in [-0.05, 0) is 23.4 Å². The molecule has 0 spiro atoms. The van der Waals surface area contributed by atoms with Crippen molar-refractivity contribution in [1.82, 2.24) is 0 Å². The van der Waals surface area contributed by atoms with Gasteiger partial charge in [-0.1, -0.05) is 32.5 Å². The molecule has 1 aromatic rings. The van der Waals surface area contributed by atoms with Gasteiger partial charge in [-0.15, -0.1) is 16.9 Å². The Hall–Kier alpha value is -0.523. The van der Waals surface area contributed by atoms with Crippen molar-refractivity contribution < 1.29 is 0 Å². The first kappa shape index (κ1) is 10.6. The van der Waals surface area contributed by atoms with Crippen LogP contribution in [0, 0.1) is 11.5 Å². The molecule has 0 amide bonds. The van der Waals surface area contributed by atoms with Crippen molar-refractivity contribution >= 4 is 19.4 Å². The van der Waals surface area contributed by atoms with Crippen molar-refractivity contribution in [3.05, 3.63) is 21.9 Å². The Labute approximate surface area is 86.0 Å². The molecule has 0 aromatic carbocycles. The number of hydrogen-bond acceptors (Lipinski definition) is 1. The molecule has 70 valence electrons. The van der Waals surface area contributed by atoms with Gasteiger partial charge in [-0.25, -0.2) is 0 Å². The van der Waals surface area contributed by atoms with E-state index in [2.05, 4.69) is 49.5 Å². The number of thiophene rings is 1. The Morgan fingerprint density at radius 3 is 2.62 bits per heavy atom. The lowest BCUT2D eigenvalue weighted by Crippen LogP contribution is -2.16. The van der Waals surface area contributed by atoms with Crippen molar-refractivity contribution in [3.8, 4) is 11.5 Å². The highest BCUT2D eigenvalue weighted by Gasteiger charge is 2.08. The van der Waals surface area contributed by atoms with E-state index >= 15 is 0 Å². The van der Waals surface area contributed by atoms with Crippen molar-refractivity contribution in [1.29, 1.82) is 0 Å². The molecule has 2 heteroatoms. The van der Waals surface area contributed by atoms with E-state index in [0.29, 0.717) is 0 Å². The molecule has 0 nitrogen and oxygen atoms in total. The smallest absolute Gasteiger partial charge is 0.129 e. The molecule has 0 bridgehead atoms. The largest absolute Gasteiger partial charge is 0.135 e. The van der Waals surface area contributed by atoms with Gasteiger partial charge in [-0.2, -0.15) is 0 Å². The molecule has 13 heavy (non-hydrogen) atoms. The minimum Gasteiger partial charge on any atom is -0.135 e. The van der Waals surface area contributed by atoms with Crippen LogP contribution in [0.1, 0.15) is 17.4 Å². The third-order valence-corrected chi connectivity index (χ3v) is 3.43. The third-order valence-electron chi connectivity index (χ3n) is 1.68. The fraction of sp³-hybridized carbons (Fsp3) is 0.455. The minimum atomic E-state index is -1.20. The second-order valence-corrected chi connectivity index (χ2v) is 9.79. The zero-order valence-corrected chi connectivity index (χ0v) is 10.6. The topological polar surface area (TPSA) is 0 Å². The van der Waals surface area contributed by atoms with Gasteiger partial charge in [0.1, 0.15) is 8.07 Å². The van der Waals surface area contributed by atoms with Gasteiger partial charge in [0.2, 0.25) is 0 Å². The molecule has 0 aliphatic rings. The van der Waals surface area contributed by atoms with Crippen LogP contribution >= 0.6 is 11.3 Å². The Bertz CT molecular complexity index is 333. The van der Waals surface area contributed by atoms with Gasteiger partial charge in [0.25, 0.3) is 0 Å². The quantitative estimate of drug-likeness (QED) is 0.489. The number of rotatable bonds is 1. The average molecular weight is 208 g/mol. The summed E-state index contributed by atoms with van der Waals surface area (Å²) in [5.41, 5.74) is 4.80. The minimum absolute atomic E-state index is 1.10. The van der Waals surface area contributed by atoms with Crippen LogP contribution in [0.25, 0.3) is 0 Å².